The van der Waals surface area contributed by atoms with Gasteiger partial charge in [0.1, 0.15) is 5.82 Å². The minimum atomic E-state index is -4.68. The molecule has 1 N–H and O–H groups in total. The van der Waals surface area contributed by atoms with Gasteiger partial charge in [0.15, 0.2) is 5.69 Å². The fraction of sp³-hybridized carbons (Fsp3) is 0.381. The van der Waals surface area contributed by atoms with E-state index < -0.39 is 17.6 Å². The summed E-state index contributed by atoms with van der Waals surface area (Å²) in [5.41, 5.74) is -0.694. The molecule has 0 aliphatic heterocycles. The van der Waals surface area contributed by atoms with E-state index in [4.69, 9.17) is 0 Å². The van der Waals surface area contributed by atoms with Crippen LogP contribution in [0.25, 0.3) is 16.6 Å². The Balaban J connectivity index is 1.75. The van der Waals surface area contributed by atoms with Crippen molar-refractivity contribution in [2.75, 3.05) is 11.9 Å². The monoisotopic (exact) mass is 400 g/mol. The van der Waals surface area contributed by atoms with Crippen LogP contribution in [-0.2, 0) is 6.18 Å². The third kappa shape index (κ3) is 3.47. The number of pyridine rings is 1. The largest absolute Gasteiger partial charge is 0.435 e. The van der Waals surface area contributed by atoms with Gasteiger partial charge in [-0.1, -0.05) is 6.07 Å². The Morgan fingerprint density at radius 3 is 2.62 bits per heavy atom. The molecule has 2 aliphatic carbocycles. The van der Waals surface area contributed by atoms with Gasteiger partial charge >= 0.3 is 11.9 Å². The molecule has 2 fully saturated rings. The molecule has 150 valence electrons. The average molecular weight is 400 g/mol. The van der Waals surface area contributed by atoms with Crippen LogP contribution in [0.15, 0.2) is 41.3 Å². The lowest BCUT2D eigenvalue weighted by Gasteiger charge is -2.17. The molecule has 2 heterocycles. The first-order chi connectivity index (χ1) is 13.9. The van der Waals surface area contributed by atoms with Crippen molar-refractivity contribution in [2.24, 2.45) is 5.92 Å². The summed E-state index contributed by atoms with van der Waals surface area (Å²) in [6.45, 7) is 0.705. The first kappa shape index (κ1) is 18.1. The maximum atomic E-state index is 13.6. The van der Waals surface area contributed by atoms with Gasteiger partial charge in [-0.25, -0.2) is 9.78 Å². The van der Waals surface area contributed by atoms with E-state index in [1.54, 1.807) is 0 Å². The predicted octanol–water partition coefficient (Wildman–Crippen LogP) is 4.50. The summed E-state index contributed by atoms with van der Waals surface area (Å²) < 4.78 is 41.7. The second kappa shape index (κ2) is 6.57. The molecule has 0 saturated heterocycles. The molecule has 2 aromatic heterocycles. The van der Waals surface area contributed by atoms with Gasteiger partial charge in [0, 0.05) is 18.1 Å². The van der Waals surface area contributed by atoms with Crippen LogP contribution in [0.1, 0.15) is 42.9 Å². The second-order valence-corrected chi connectivity index (χ2v) is 7.82. The summed E-state index contributed by atoms with van der Waals surface area (Å²) in [5.74, 6) is 1.39. The predicted molar refractivity (Wildman–Crippen MR) is 103 cm³/mol. The number of rotatable bonds is 5. The lowest BCUT2D eigenvalue weighted by molar-refractivity contribution is -0.141. The molecule has 5 nitrogen and oxygen atoms in total. The van der Waals surface area contributed by atoms with Crippen LogP contribution in [0.2, 0.25) is 0 Å². The molecule has 5 rings (SSSR count). The van der Waals surface area contributed by atoms with Crippen LogP contribution >= 0.6 is 0 Å². The van der Waals surface area contributed by atoms with E-state index in [1.807, 2.05) is 18.2 Å². The average Bonchev–Trinajstić information content (AvgIpc) is 3.59. The standard InChI is InChI=1S/C21H19F3N4O/c22-21(23,24)18-16(2-1-9-25-18)28-17-10-14(13-5-6-13)7-8-15(17)19(27-20(28)29)26-11-12-3-4-12/h1-2,7-10,12-13H,3-6,11H2,(H,26,27,29). The van der Waals surface area contributed by atoms with E-state index in [9.17, 15) is 18.0 Å². The summed E-state index contributed by atoms with van der Waals surface area (Å²) in [7, 11) is 0. The van der Waals surface area contributed by atoms with Gasteiger partial charge in [-0.3, -0.25) is 4.57 Å². The number of fused-ring (bicyclic) bond motifs is 1. The van der Waals surface area contributed by atoms with Gasteiger partial charge in [-0.15, -0.1) is 0 Å². The molecule has 0 amide bonds. The molecule has 2 aliphatic rings. The zero-order chi connectivity index (χ0) is 20.2. The number of alkyl halides is 3. The first-order valence-corrected chi connectivity index (χ1v) is 9.75. The summed E-state index contributed by atoms with van der Waals surface area (Å²) in [5, 5.41) is 3.85. The summed E-state index contributed by atoms with van der Waals surface area (Å²) in [6, 6.07) is 8.31. The lowest BCUT2D eigenvalue weighted by atomic mass is 10.1. The zero-order valence-corrected chi connectivity index (χ0v) is 15.5. The highest BCUT2D eigenvalue weighted by Crippen LogP contribution is 2.42. The molecule has 0 bridgehead atoms. The van der Waals surface area contributed by atoms with Crippen molar-refractivity contribution in [1.29, 1.82) is 0 Å². The second-order valence-electron chi connectivity index (χ2n) is 7.82. The number of halogens is 3. The molecule has 29 heavy (non-hydrogen) atoms. The SMILES string of the molecule is O=c1nc(NCC2CC2)c2ccc(C3CC3)cc2n1-c1cccnc1C(F)(F)F. The molecule has 0 unspecified atom stereocenters. The van der Waals surface area contributed by atoms with E-state index in [2.05, 4.69) is 15.3 Å². The van der Waals surface area contributed by atoms with Crippen molar-refractivity contribution < 1.29 is 13.2 Å². The van der Waals surface area contributed by atoms with Gasteiger partial charge < -0.3 is 5.32 Å². The molecule has 2 saturated carbocycles. The van der Waals surface area contributed by atoms with E-state index in [0.717, 1.165) is 42.0 Å². The van der Waals surface area contributed by atoms with Crippen LogP contribution in [0.5, 0.6) is 0 Å². The highest BCUT2D eigenvalue weighted by molar-refractivity contribution is 5.91. The zero-order valence-electron chi connectivity index (χ0n) is 15.5. The van der Waals surface area contributed by atoms with Gasteiger partial charge in [-0.05, 0) is 67.3 Å². The van der Waals surface area contributed by atoms with Crippen molar-refractivity contribution >= 4 is 16.7 Å². The Morgan fingerprint density at radius 1 is 1.14 bits per heavy atom. The molecular formula is C21H19F3N4O. The van der Waals surface area contributed by atoms with Gasteiger partial charge in [0.25, 0.3) is 0 Å². The number of nitrogens with zero attached hydrogens (tertiary/aromatic N) is 3. The van der Waals surface area contributed by atoms with E-state index in [1.165, 1.54) is 12.1 Å². The van der Waals surface area contributed by atoms with E-state index in [-0.39, 0.29) is 5.69 Å². The van der Waals surface area contributed by atoms with Gasteiger partial charge in [0.05, 0.1) is 11.2 Å². The van der Waals surface area contributed by atoms with Crippen molar-refractivity contribution in [2.45, 2.75) is 37.8 Å². The number of hydrogen-bond acceptors (Lipinski definition) is 4. The van der Waals surface area contributed by atoms with Crippen molar-refractivity contribution in [3.8, 4) is 5.69 Å². The fourth-order valence-corrected chi connectivity index (χ4v) is 3.64. The summed E-state index contributed by atoms with van der Waals surface area (Å²) >= 11 is 0. The molecule has 8 heteroatoms. The van der Waals surface area contributed by atoms with Gasteiger partial charge in [-0.2, -0.15) is 18.2 Å². The van der Waals surface area contributed by atoms with Crippen LogP contribution in [0.3, 0.4) is 0 Å². The summed E-state index contributed by atoms with van der Waals surface area (Å²) in [6.07, 6.45) is 0.771. The quantitative estimate of drug-likeness (QED) is 0.685. The van der Waals surface area contributed by atoms with Crippen molar-refractivity contribution in [1.82, 2.24) is 14.5 Å². The number of aromatic nitrogens is 3. The Labute approximate surface area is 164 Å². The number of benzene rings is 1. The number of anilines is 1. The molecule has 3 aromatic rings. The third-order valence-electron chi connectivity index (χ3n) is 5.52. The Kier molecular flexibility index (Phi) is 4.11. The molecule has 0 radical (unpaired) electrons. The number of hydrogen-bond donors (Lipinski definition) is 1. The highest BCUT2D eigenvalue weighted by atomic mass is 19.4. The minimum absolute atomic E-state index is 0.302. The van der Waals surface area contributed by atoms with Crippen LogP contribution in [-0.4, -0.2) is 21.1 Å². The Hall–Kier alpha value is -2.90. The lowest BCUT2D eigenvalue weighted by Crippen LogP contribution is -2.26. The Bertz CT molecular complexity index is 1150. The topological polar surface area (TPSA) is 59.8 Å². The maximum Gasteiger partial charge on any atom is 0.435 e. The highest BCUT2D eigenvalue weighted by Gasteiger charge is 2.36. The van der Waals surface area contributed by atoms with Crippen molar-refractivity contribution in [3.05, 3.63) is 58.3 Å². The normalized spacial score (nSPS) is 16.9. The van der Waals surface area contributed by atoms with Crippen molar-refractivity contribution in [3.63, 3.8) is 0 Å². The van der Waals surface area contributed by atoms with Crippen LogP contribution in [0.4, 0.5) is 19.0 Å². The fourth-order valence-electron chi connectivity index (χ4n) is 3.64. The summed E-state index contributed by atoms with van der Waals surface area (Å²) in [4.78, 5) is 20.5. The Morgan fingerprint density at radius 2 is 1.93 bits per heavy atom. The molecule has 0 spiro atoms. The third-order valence-corrected chi connectivity index (χ3v) is 5.52. The minimum Gasteiger partial charge on any atom is -0.369 e. The smallest absolute Gasteiger partial charge is 0.369 e. The van der Waals surface area contributed by atoms with Gasteiger partial charge in [0.2, 0.25) is 0 Å². The van der Waals surface area contributed by atoms with Crippen LogP contribution in [0, 0.1) is 5.92 Å². The van der Waals surface area contributed by atoms with E-state index >= 15 is 0 Å². The van der Waals surface area contributed by atoms with Crippen LogP contribution < -0.4 is 11.0 Å². The number of nitrogens with one attached hydrogen (secondary N) is 1. The van der Waals surface area contributed by atoms with E-state index in [0.29, 0.717) is 35.1 Å². The maximum absolute atomic E-state index is 13.6. The molecule has 0 atom stereocenters. The molecule has 1 aromatic carbocycles. The molecular weight excluding hydrogens is 381 g/mol. The first-order valence-electron chi connectivity index (χ1n) is 9.75.